The summed E-state index contributed by atoms with van der Waals surface area (Å²) in [5.74, 6) is 0.608. The molecule has 1 aliphatic rings. The molecule has 170 valence electrons. The van der Waals surface area contributed by atoms with E-state index in [2.05, 4.69) is 6.92 Å². The summed E-state index contributed by atoms with van der Waals surface area (Å²) in [5, 5.41) is 0. The monoisotopic (exact) mass is 436 g/mol. The van der Waals surface area contributed by atoms with E-state index in [-0.39, 0.29) is 6.61 Å². The van der Waals surface area contributed by atoms with Gasteiger partial charge in [-0.25, -0.2) is 9.59 Å². The van der Waals surface area contributed by atoms with Gasteiger partial charge in [0.15, 0.2) is 0 Å². The van der Waals surface area contributed by atoms with Crippen molar-refractivity contribution in [1.82, 2.24) is 0 Å². The van der Waals surface area contributed by atoms with Crippen LogP contribution >= 0.6 is 0 Å². The standard InChI is InChI=1S/C26H32N2O4/c1-2-3-18-4-6-19(7-5-18)20-9-12-23(13-10-20)32-26(30)15-14-25(29)31-17-21-8-11-22(27)16-24(21)28/h8-16,18-19H,2-7,17,27-28H2,1H3/b15-14-. The first-order valence-electron chi connectivity index (χ1n) is 11.2. The van der Waals surface area contributed by atoms with Crippen LogP contribution in [0.5, 0.6) is 5.75 Å². The normalized spacial score (nSPS) is 18.4. The lowest BCUT2D eigenvalue weighted by Gasteiger charge is -2.28. The van der Waals surface area contributed by atoms with Gasteiger partial charge in [-0.1, -0.05) is 38.0 Å². The summed E-state index contributed by atoms with van der Waals surface area (Å²) < 4.78 is 10.4. The molecule has 0 aromatic heterocycles. The Labute approximate surface area is 189 Å². The van der Waals surface area contributed by atoms with Crippen LogP contribution in [0.3, 0.4) is 0 Å². The van der Waals surface area contributed by atoms with Crippen molar-refractivity contribution in [2.75, 3.05) is 11.5 Å². The lowest BCUT2D eigenvalue weighted by Crippen LogP contribution is -2.13. The van der Waals surface area contributed by atoms with Crippen molar-refractivity contribution in [3.05, 3.63) is 65.7 Å². The molecule has 0 amide bonds. The van der Waals surface area contributed by atoms with Crippen molar-refractivity contribution in [3.63, 3.8) is 0 Å². The second kappa shape index (κ2) is 11.4. The van der Waals surface area contributed by atoms with Gasteiger partial charge in [0.25, 0.3) is 0 Å². The number of hydrogen-bond acceptors (Lipinski definition) is 6. The average molecular weight is 437 g/mol. The summed E-state index contributed by atoms with van der Waals surface area (Å²) in [6, 6.07) is 12.6. The van der Waals surface area contributed by atoms with E-state index in [0.29, 0.717) is 28.6 Å². The fourth-order valence-corrected chi connectivity index (χ4v) is 4.23. The number of carbonyl (C=O) groups is 2. The molecule has 6 nitrogen and oxygen atoms in total. The van der Waals surface area contributed by atoms with Crippen LogP contribution in [0, 0.1) is 5.92 Å². The zero-order valence-electron chi connectivity index (χ0n) is 18.6. The van der Waals surface area contributed by atoms with Crippen molar-refractivity contribution in [2.24, 2.45) is 5.92 Å². The largest absolute Gasteiger partial charge is 0.458 e. The first-order chi connectivity index (χ1) is 15.4. The first kappa shape index (κ1) is 23.4. The Kier molecular flexibility index (Phi) is 8.31. The van der Waals surface area contributed by atoms with E-state index in [1.807, 2.05) is 12.1 Å². The van der Waals surface area contributed by atoms with Gasteiger partial charge < -0.3 is 20.9 Å². The molecule has 6 heteroatoms. The minimum absolute atomic E-state index is 0.00778. The van der Waals surface area contributed by atoms with E-state index in [4.69, 9.17) is 20.9 Å². The Morgan fingerprint density at radius 1 is 0.969 bits per heavy atom. The molecule has 2 aromatic carbocycles. The molecule has 0 heterocycles. The van der Waals surface area contributed by atoms with E-state index in [0.717, 1.165) is 18.1 Å². The van der Waals surface area contributed by atoms with Gasteiger partial charge in [-0.2, -0.15) is 0 Å². The summed E-state index contributed by atoms with van der Waals surface area (Å²) in [6.07, 6.45) is 9.71. The third-order valence-electron chi connectivity index (χ3n) is 6.01. The lowest BCUT2D eigenvalue weighted by molar-refractivity contribution is -0.139. The molecule has 0 spiro atoms. The molecule has 2 aromatic rings. The van der Waals surface area contributed by atoms with Crippen LogP contribution in [-0.4, -0.2) is 11.9 Å². The number of esters is 2. The minimum atomic E-state index is -0.660. The van der Waals surface area contributed by atoms with E-state index in [9.17, 15) is 9.59 Å². The summed E-state index contributed by atoms with van der Waals surface area (Å²) in [6.45, 7) is 2.24. The minimum Gasteiger partial charge on any atom is -0.458 e. The Balaban J connectivity index is 1.44. The van der Waals surface area contributed by atoms with Gasteiger partial charge in [0.05, 0.1) is 0 Å². The molecule has 1 saturated carbocycles. The summed E-state index contributed by atoms with van der Waals surface area (Å²) in [4.78, 5) is 23.9. The molecule has 1 aliphatic carbocycles. The maximum absolute atomic E-state index is 12.0. The topological polar surface area (TPSA) is 105 Å². The average Bonchev–Trinajstić information content (AvgIpc) is 2.78. The van der Waals surface area contributed by atoms with Crippen LogP contribution in [0.25, 0.3) is 0 Å². The number of anilines is 2. The molecule has 0 aliphatic heterocycles. The number of nitrogen functional groups attached to an aromatic ring is 2. The highest BCUT2D eigenvalue weighted by atomic mass is 16.5. The smallest absolute Gasteiger partial charge is 0.336 e. The Bertz CT molecular complexity index is 945. The third-order valence-corrected chi connectivity index (χ3v) is 6.01. The van der Waals surface area contributed by atoms with Crippen LogP contribution in [0.15, 0.2) is 54.6 Å². The quantitative estimate of drug-likeness (QED) is 0.257. The van der Waals surface area contributed by atoms with Crippen LogP contribution in [0.4, 0.5) is 11.4 Å². The molecular weight excluding hydrogens is 404 g/mol. The van der Waals surface area contributed by atoms with Crippen molar-refractivity contribution >= 4 is 23.3 Å². The van der Waals surface area contributed by atoms with Gasteiger partial charge in [-0.05, 0) is 67.3 Å². The fourth-order valence-electron chi connectivity index (χ4n) is 4.23. The van der Waals surface area contributed by atoms with Gasteiger partial charge in [-0.3, -0.25) is 0 Å². The van der Waals surface area contributed by atoms with Gasteiger partial charge in [0, 0.05) is 29.1 Å². The lowest BCUT2D eigenvalue weighted by atomic mass is 9.77. The molecule has 0 unspecified atom stereocenters. The van der Waals surface area contributed by atoms with Gasteiger partial charge in [0.2, 0.25) is 0 Å². The van der Waals surface area contributed by atoms with Gasteiger partial charge in [-0.15, -0.1) is 0 Å². The van der Waals surface area contributed by atoms with Crippen molar-refractivity contribution < 1.29 is 19.1 Å². The fraction of sp³-hybridized carbons (Fsp3) is 0.385. The molecule has 0 atom stereocenters. The van der Waals surface area contributed by atoms with E-state index in [1.165, 1.54) is 44.1 Å². The van der Waals surface area contributed by atoms with Crippen LogP contribution in [-0.2, 0) is 20.9 Å². The van der Waals surface area contributed by atoms with Crippen LogP contribution < -0.4 is 16.2 Å². The molecule has 32 heavy (non-hydrogen) atoms. The second-order valence-electron chi connectivity index (χ2n) is 8.40. The number of benzene rings is 2. The highest BCUT2D eigenvalue weighted by Gasteiger charge is 2.21. The van der Waals surface area contributed by atoms with Crippen molar-refractivity contribution in [2.45, 2.75) is 58.0 Å². The van der Waals surface area contributed by atoms with Gasteiger partial charge in [0.1, 0.15) is 12.4 Å². The summed E-state index contributed by atoms with van der Waals surface area (Å²) in [7, 11) is 0. The second-order valence-corrected chi connectivity index (χ2v) is 8.40. The van der Waals surface area contributed by atoms with E-state index in [1.54, 1.807) is 30.3 Å². The zero-order chi connectivity index (χ0) is 22.9. The Morgan fingerprint density at radius 2 is 1.66 bits per heavy atom. The summed E-state index contributed by atoms with van der Waals surface area (Å²) in [5.41, 5.74) is 14.4. The first-order valence-corrected chi connectivity index (χ1v) is 11.2. The number of ether oxygens (including phenoxy) is 2. The maximum Gasteiger partial charge on any atom is 0.336 e. The predicted octanol–water partition coefficient (Wildman–Crippen LogP) is 5.13. The van der Waals surface area contributed by atoms with E-state index >= 15 is 0 Å². The van der Waals surface area contributed by atoms with Crippen LogP contribution in [0.1, 0.15) is 62.5 Å². The molecular formula is C26H32N2O4. The number of nitrogens with two attached hydrogens (primary N) is 2. The molecule has 4 N–H and O–H groups in total. The number of carbonyl (C=O) groups excluding carboxylic acids is 2. The highest BCUT2D eigenvalue weighted by molar-refractivity contribution is 5.92. The Morgan fingerprint density at radius 3 is 2.31 bits per heavy atom. The Hall–Kier alpha value is -3.28. The number of rotatable bonds is 8. The molecule has 3 rings (SSSR count). The molecule has 0 bridgehead atoms. The molecule has 0 radical (unpaired) electrons. The summed E-state index contributed by atoms with van der Waals surface area (Å²) >= 11 is 0. The number of hydrogen-bond donors (Lipinski definition) is 2. The van der Waals surface area contributed by atoms with Crippen molar-refractivity contribution in [1.29, 1.82) is 0 Å². The maximum atomic E-state index is 12.0. The van der Waals surface area contributed by atoms with Crippen LogP contribution in [0.2, 0.25) is 0 Å². The highest BCUT2D eigenvalue weighted by Crippen LogP contribution is 2.37. The SMILES string of the molecule is CCCC1CCC(c2ccc(OC(=O)/C=C\C(=O)OCc3ccc(N)cc3N)cc2)CC1. The third kappa shape index (κ3) is 6.87. The van der Waals surface area contributed by atoms with E-state index < -0.39 is 11.9 Å². The zero-order valence-corrected chi connectivity index (χ0v) is 18.6. The molecule has 1 fully saturated rings. The van der Waals surface area contributed by atoms with Gasteiger partial charge >= 0.3 is 11.9 Å². The predicted molar refractivity (Wildman–Crippen MR) is 126 cm³/mol. The van der Waals surface area contributed by atoms with Crippen molar-refractivity contribution in [3.8, 4) is 5.75 Å². The molecule has 0 saturated heterocycles.